The van der Waals surface area contributed by atoms with Crippen molar-refractivity contribution in [2.24, 2.45) is 0 Å². The van der Waals surface area contributed by atoms with E-state index >= 15 is 0 Å². The van der Waals surface area contributed by atoms with E-state index < -0.39 is 5.82 Å². The maximum absolute atomic E-state index is 13.5. The lowest BCUT2D eigenvalue weighted by molar-refractivity contribution is 0.101. The standard InChI is InChI=1S/C13H10BrFO2S/c14-9-3-4-12(15)11(6-9)13(16)8-18-7-10-2-1-5-17-10/h1-6H,7-8H2. The largest absolute Gasteiger partial charge is 0.468 e. The first-order valence-electron chi connectivity index (χ1n) is 5.25. The average molecular weight is 329 g/mol. The highest BCUT2D eigenvalue weighted by Crippen LogP contribution is 2.19. The van der Waals surface area contributed by atoms with Crippen molar-refractivity contribution in [2.45, 2.75) is 5.75 Å². The molecule has 0 N–H and O–H groups in total. The Labute approximate surface area is 117 Å². The van der Waals surface area contributed by atoms with Crippen molar-refractivity contribution < 1.29 is 13.6 Å². The highest BCUT2D eigenvalue weighted by Gasteiger charge is 2.12. The van der Waals surface area contributed by atoms with Crippen molar-refractivity contribution in [1.29, 1.82) is 0 Å². The summed E-state index contributed by atoms with van der Waals surface area (Å²) < 4.78 is 19.3. The zero-order valence-electron chi connectivity index (χ0n) is 9.36. The smallest absolute Gasteiger partial charge is 0.175 e. The molecule has 0 saturated heterocycles. The van der Waals surface area contributed by atoms with E-state index in [1.807, 2.05) is 6.07 Å². The molecule has 0 radical (unpaired) electrons. The number of rotatable bonds is 5. The van der Waals surface area contributed by atoms with Gasteiger partial charge in [-0.3, -0.25) is 4.79 Å². The lowest BCUT2D eigenvalue weighted by Gasteiger charge is -2.03. The average Bonchev–Trinajstić information content (AvgIpc) is 2.85. The number of ketones is 1. The maximum Gasteiger partial charge on any atom is 0.175 e. The van der Waals surface area contributed by atoms with Crippen LogP contribution in [0.1, 0.15) is 16.1 Å². The lowest BCUT2D eigenvalue weighted by atomic mass is 10.1. The Morgan fingerprint density at radius 2 is 2.22 bits per heavy atom. The summed E-state index contributed by atoms with van der Waals surface area (Å²) in [6.45, 7) is 0. The van der Waals surface area contributed by atoms with Gasteiger partial charge in [0.15, 0.2) is 5.78 Å². The molecule has 0 saturated carbocycles. The third-order valence-corrected chi connectivity index (χ3v) is 3.73. The number of carbonyl (C=O) groups excluding carboxylic acids is 1. The highest BCUT2D eigenvalue weighted by molar-refractivity contribution is 9.10. The Morgan fingerprint density at radius 1 is 1.39 bits per heavy atom. The van der Waals surface area contributed by atoms with Gasteiger partial charge in [-0.05, 0) is 30.3 Å². The van der Waals surface area contributed by atoms with Crippen LogP contribution in [0.4, 0.5) is 4.39 Å². The van der Waals surface area contributed by atoms with Gasteiger partial charge >= 0.3 is 0 Å². The third kappa shape index (κ3) is 3.46. The van der Waals surface area contributed by atoms with Crippen LogP contribution in [0.3, 0.4) is 0 Å². The molecule has 0 bridgehead atoms. The SMILES string of the molecule is O=C(CSCc1ccco1)c1cc(Br)ccc1F. The van der Waals surface area contributed by atoms with Gasteiger partial charge in [0.25, 0.3) is 0 Å². The van der Waals surface area contributed by atoms with Gasteiger partial charge in [-0.1, -0.05) is 15.9 Å². The van der Waals surface area contributed by atoms with E-state index in [0.29, 0.717) is 10.2 Å². The molecule has 1 heterocycles. The fraction of sp³-hybridized carbons (Fsp3) is 0.154. The molecule has 1 aromatic heterocycles. The monoisotopic (exact) mass is 328 g/mol. The molecular formula is C13H10BrFO2S. The first-order chi connectivity index (χ1) is 8.66. The van der Waals surface area contributed by atoms with Crippen LogP contribution < -0.4 is 0 Å². The fourth-order valence-electron chi connectivity index (χ4n) is 1.43. The van der Waals surface area contributed by atoms with Crippen molar-refractivity contribution >= 4 is 33.5 Å². The minimum Gasteiger partial charge on any atom is -0.468 e. The van der Waals surface area contributed by atoms with Gasteiger partial charge in [-0.15, -0.1) is 11.8 Å². The second-order valence-electron chi connectivity index (χ2n) is 3.62. The Hall–Kier alpha value is -1.07. The summed E-state index contributed by atoms with van der Waals surface area (Å²) in [7, 11) is 0. The van der Waals surface area contributed by atoms with E-state index in [1.54, 1.807) is 18.4 Å². The number of halogens is 2. The molecule has 2 nitrogen and oxygen atoms in total. The van der Waals surface area contributed by atoms with Crippen molar-refractivity contribution in [3.63, 3.8) is 0 Å². The highest BCUT2D eigenvalue weighted by atomic mass is 79.9. The van der Waals surface area contributed by atoms with Crippen LogP contribution in [0.15, 0.2) is 45.5 Å². The quantitative estimate of drug-likeness (QED) is 0.766. The van der Waals surface area contributed by atoms with Gasteiger partial charge in [0.05, 0.1) is 23.3 Å². The number of Topliss-reactive ketones (excluding diaryl/α,β-unsaturated/α-hetero) is 1. The molecule has 0 aliphatic rings. The molecule has 5 heteroatoms. The molecule has 0 atom stereocenters. The summed E-state index contributed by atoms with van der Waals surface area (Å²) >= 11 is 4.63. The molecular weight excluding hydrogens is 319 g/mol. The van der Waals surface area contributed by atoms with Gasteiger partial charge in [0.1, 0.15) is 11.6 Å². The molecule has 0 aliphatic carbocycles. The number of furan rings is 1. The van der Waals surface area contributed by atoms with E-state index in [0.717, 1.165) is 5.76 Å². The lowest BCUT2D eigenvalue weighted by Crippen LogP contribution is -2.05. The Balaban J connectivity index is 1.93. The van der Waals surface area contributed by atoms with Crippen LogP contribution in [-0.2, 0) is 5.75 Å². The van der Waals surface area contributed by atoms with E-state index in [-0.39, 0.29) is 17.1 Å². The third-order valence-electron chi connectivity index (χ3n) is 2.29. The maximum atomic E-state index is 13.5. The number of hydrogen-bond acceptors (Lipinski definition) is 3. The minimum absolute atomic E-state index is 0.122. The van der Waals surface area contributed by atoms with Crippen LogP contribution in [0.25, 0.3) is 0 Å². The number of thioether (sulfide) groups is 1. The minimum atomic E-state index is -0.484. The molecule has 0 spiro atoms. The first kappa shape index (κ1) is 13.4. The molecule has 18 heavy (non-hydrogen) atoms. The summed E-state index contributed by atoms with van der Waals surface area (Å²) in [6, 6.07) is 8.00. The second kappa shape index (κ2) is 6.20. The van der Waals surface area contributed by atoms with Gasteiger partial charge in [0, 0.05) is 4.47 Å². The molecule has 2 aromatic rings. The van der Waals surface area contributed by atoms with Gasteiger partial charge < -0.3 is 4.42 Å². The van der Waals surface area contributed by atoms with Crippen molar-refractivity contribution in [3.8, 4) is 0 Å². The van der Waals surface area contributed by atoms with Crippen molar-refractivity contribution in [2.75, 3.05) is 5.75 Å². The first-order valence-corrected chi connectivity index (χ1v) is 7.20. The molecule has 0 fully saturated rings. The summed E-state index contributed by atoms with van der Waals surface area (Å²) in [6.07, 6.45) is 1.59. The summed E-state index contributed by atoms with van der Waals surface area (Å²) in [4.78, 5) is 11.8. The van der Waals surface area contributed by atoms with Gasteiger partial charge in [-0.25, -0.2) is 4.39 Å². The summed E-state index contributed by atoms with van der Waals surface area (Å²) in [5, 5.41) is 0. The molecule has 2 rings (SSSR count). The molecule has 0 aliphatic heterocycles. The molecule has 0 amide bonds. The van der Waals surface area contributed by atoms with Crippen molar-refractivity contribution in [1.82, 2.24) is 0 Å². The fourth-order valence-corrected chi connectivity index (χ4v) is 2.60. The van der Waals surface area contributed by atoms with E-state index in [2.05, 4.69) is 15.9 Å². The zero-order valence-corrected chi connectivity index (χ0v) is 11.8. The summed E-state index contributed by atoms with van der Waals surface area (Å²) in [5.74, 6) is 0.942. The van der Waals surface area contributed by atoms with Gasteiger partial charge in [0.2, 0.25) is 0 Å². The number of hydrogen-bond donors (Lipinski definition) is 0. The van der Waals surface area contributed by atoms with Crippen LogP contribution in [0.5, 0.6) is 0 Å². The molecule has 94 valence electrons. The van der Waals surface area contributed by atoms with E-state index in [9.17, 15) is 9.18 Å². The van der Waals surface area contributed by atoms with Crippen LogP contribution in [0, 0.1) is 5.82 Å². The van der Waals surface area contributed by atoms with Crippen LogP contribution in [-0.4, -0.2) is 11.5 Å². The van der Waals surface area contributed by atoms with Crippen LogP contribution in [0.2, 0.25) is 0 Å². The Kier molecular flexibility index (Phi) is 4.60. The predicted molar refractivity (Wildman–Crippen MR) is 73.3 cm³/mol. The normalized spacial score (nSPS) is 10.6. The van der Waals surface area contributed by atoms with E-state index in [1.165, 1.54) is 23.9 Å². The number of benzene rings is 1. The zero-order chi connectivity index (χ0) is 13.0. The topological polar surface area (TPSA) is 30.2 Å². The van der Waals surface area contributed by atoms with Gasteiger partial charge in [-0.2, -0.15) is 0 Å². The predicted octanol–water partition coefficient (Wildman–Crippen LogP) is 4.30. The van der Waals surface area contributed by atoms with Crippen molar-refractivity contribution in [3.05, 3.63) is 58.2 Å². The molecule has 0 unspecified atom stereocenters. The van der Waals surface area contributed by atoms with E-state index in [4.69, 9.17) is 4.42 Å². The molecule has 1 aromatic carbocycles. The Morgan fingerprint density at radius 3 is 2.94 bits per heavy atom. The van der Waals surface area contributed by atoms with Crippen LogP contribution >= 0.6 is 27.7 Å². The number of carbonyl (C=O) groups is 1. The Bertz CT molecular complexity index is 540. The second-order valence-corrected chi connectivity index (χ2v) is 5.52. The summed E-state index contributed by atoms with van der Waals surface area (Å²) in [5.41, 5.74) is 0.122.